The first-order valence-corrected chi connectivity index (χ1v) is 11.4. The first-order valence-electron chi connectivity index (χ1n) is 11.4. The van der Waals surface area contributed by atoms with Gasteiger partial charge < -0.3 is 10.6 Å². The van der Waals surface area contributed by atoms with Crippen molar-refractivity contribution in [2.24, 2.45) is 5.10 Å². The highest BCUT2D eigenvalue weighted by Crippen LogP contribution is 2.29. The Morgan fingerprint density at radius 1 is 1.24 bits per heavy atom. The third-order valence-corrected chi connectivity index (χ3v) is 6.02. The zero-order valence-corrected chi connectivity index (χ0v) is 19.7. The molecule has 0 radical (unpaired) electrons. The number of carbonyl (C=O) groups is 1. The Kier molecular flexibility index (Phi) is 6.28. The number of anilines is 2. The van der Waals surface area contributed by atoms with E-state index in [1.165, 1.54) is 22.4 Å². The third kappa shape index (κ3) is 4.71. The van der Waals surface area contributed by atoms with E-state index in [1.807, 2.05) is 18.2 Å². The second-order valence-electron chi connectivity index (χ2n) is 8.37. The van der Waals surface area contributed by atoms with Gasteiger partial charge in [0, 0.05) is 29.9 Å². The number of non-ortho nitro benzene ring substituents is 1. The number of fused-ring (bicyclic) bond motifs is 1. The van der Waals surface area contributed by atoms with Crippen molar-refractivity contribution < 1.29 is 14.3 Å². The average molecular weight is 502 g/mol. The highest BCUT2D eigenvalue weighted by molar-refractivity contribution is 6.01. The molecule has 1 amide bonds. The normalized spacial score (nSPS) is 13.3. The summed E-state index contributed by atoms with van der Waals surface area (Å²) < 4.78 is 6.06. The van der Waals surface area contributed by atoms with Crippen LogP contribution in [-0.2, 0) is 13.0 Å². The van der Waals surface area contributed by atoms with Crippen LogP contribution in [0.5, 0.6) is 0 Å². The van der Waals surface area contributed by atoms with Gasteiger partial charge in [-0.05, 0) is 41.7 Å². The molecule has 2 aromatic heterocycles. The fraction of sp³-hybridized carbons (Fsp3) is 0.217. The van der Waals surface area contributed by atoms with E-state index in [9.17, 15) is 14.9 Å². The number of nitro groups is 1. The van der Waals surface area contributed by atoms with E-state index in [1.54, 1.807) is 19.1 Å². The predicted octanol–water partition coefficient (Wildman–Crippen LogP) is 2.25. The molecule has 14 heteroatoms. The van der Waals surface area contributed by atoms with Crippen molar-refractivity contribution in [1.29, 1.82) is 0 Å². The topological polar surface area (TPSA) is 183 Å². The first kappa shape index (κ1) is 23.6. The number of aromatic nitrogens is 5. The Morgan fingerprint density at radius 3 is 2.86 bits per heavy atom. The van der Waals surface area contributed by atoms with E-state index >= 15 is 0 Å². The Balaban J connectivity index is 1.46. The van der Waals surface area contributed by atoms with Crippen molar-refractivity contribution in [1.82, 2.24) is 30.7 Å². The van der Waals surface area contributed by atoms with Gasteiger partial charge in [-0.15, -0.1) is 5.10 Å². The van der Waals surface area contributed by atoms with Gasteiger partial charge in [-0.1, -0.05) is 35.5 Å². The molecule has 0 unspecified atom stereocenters. The number of nitrogens with zero attached hydrogens (tertiary/aromatic N) is 8. The van der Waals surface area contributed by atoms with Crippen LogP contribution in [0.3, 0.4) is 0 Å². The Hall–Kier alpha value is -5.14. The maximum absolute atomic E-state index is 13.2. The molecule has 188 valence electrons. The highest BCUT2D eigenvalue weighted by atomic mass is 16.6. The number of hydrogen-bond acceptors (Lipinski definition) is 11. The Labute approximate surface area is 209 Å². The predicted molar refractivity (Wildman–Crippen MR) is 132 cm³/mol. The molecule has 0 saturated heterocycles. The van der Waals surface area contributed by atoms with E-state index in [4.69, 9.17) is 10.4 Å². The number of nitrogen functional groups attached to an aromatic ring is 1. The molecule has 2 aromatic carbocycles. The van der Waals surface area contributed by atoms with E-state index in [0.29, 0.717) is 17.0 Å². The molecule has 1 aliphatic heterocycles. The number of hydrazone groups is 1. The van der Waals surface area contributed by atoms with Crippen LogP contribution >= 0.6 is 0 Å². The van der Waals surface area contributed by atoms with Crippen molar-refractivity contribution in [3.63, 3.8) is 0 Å². The summed E-state index contributed by atoms with van der Waals surface area (Å²) in [6, 6.07) is 14.0. The van der Waals surface area contributed by atoms with Crippen LogP contribution in [-0.4, -0.2) is 48.4 Å². The molecule has 3 heterocycles. The molecule has 0 bridgehead atoms. The summed E-state index contributed by atoms with van der Waals surface area (Å²) in [5, 5.41) is 30.8. The molecule has 14 nitrogen and oxygen atoms in total. The fourth-order valence-electron chi connectivity index (χ4n) is 4.18. The van der Waals surface area contributed by atoms with Crippen LogP contribution in [0.4, 0.5) is 17.2 Å². The van der Waals surface area contributed by atoms with Crippen molar-refractivity contribution in [3.05, 3.63) is 81.2 Å². The summed E-state index contributed by atoms with van der Waals surface area (Å²) in [5.41, 5.74) is 11.8. The van der Waals surface area contributed by atoms with Crippen LogP contribution in [0.25, 0.3) is 5.82 Å². The van der Waals surface area contributed by atoms with Gasteiger partial charge in [-0.3, -0.25) is 14.9 Å². The van der Waals surface area contributed by atoms with Crippen molar-refractivity contribution in [2.45, 2.75) is 26.3 Å². The first-order chi connectivity index (χ1) is 17.9. The fourth-order valence-corrected chi connectivity index (χ4v) is 4.18. The summed E-state index contributed by atoms with van der Waals surface area (Å²) in [4.78, 5) is 25.9. The van der Waals surface area contributed by atoms with Crippen LogP contribution in [0, 0.1) is 10.1 Å². The molecular weight excluding hydrogens is 480 g/mol. The van der Waals surface area contributed by atoms with Gasteiger partial charge in [0.15, 0.2) is 5.69 Å². The summed E-state index contributed by atoms with van der Waals surface area (Å²) in [6.07, 6.45) is 1.91. The molecule has 0 fully saturated rings. The molecule has 5 rings (SSSR count). The van der Waals surface area contributed by atoms with Crippen molar-refractivity contribution in [2.75, 3.05) is 17.2 Å². The largest absolute Gasteiger partial charge is 0.378 e. The average Bonchev–Trinajstić information content (AvgIpc) is 3.52. The number of para-hydroxylation sites is 1. The molecular formula is C23H22N10O4. The van der Waals surface area contributed by atoms with Crippen molar-refractivity contribution >= 4 is 28.8 Å². The minimum Gasteiger partial charge on any atom is -0.378 e. The van der Waals surface area contributed by atoms with Gasteiger partial charge in [0.05, 0.1) is 22.9 Å². The van der Waals surface area contributed by atoms with Gasteiger partial charge in [-0.2, -0.15) is 9.78 Å². The SMILES string of the molecule is C/C(=N/NC(=O)c1nnn(-c2nonc2N)c1CN1CCCc2ccccc21)c1cccc([N+](=O)[O-])c1. The summed E-state index contributed by atoms with van der Waals surface area (Å²) in [6.45, 7) is 2.68. The maximum atomic E-state index is 13.2. The summed E-state index contributed by atoms with van der Waals surface area (Å²) >= 11 is 0. The van der Waals surface area contributed by atoms with Crippen LogP contribution in [0.15, 0.2) is 58.3 Å². The lowest BCUT2D eigenvalue weighted by molar-refractivity contribution is -0.384. The van der Waals surface area contributed by atoms with Crippen LogP contribution in [0.2, 0.25) is 0 Å². The number of hydrogen-bond donors (Lipinski definition) is 2. The van der Waals surface area contributed by atoms with Crippen molar-refractivity contribution in [3.8, 4) is 5.82 Å². The summed E-state index contributed by atoms with van der Waals surface area (Å²) in [7, 11) is 0. The number of aryl methyl sites for hydroxylation is 1. The number of nitrogens with two attached hydrogens (primary N) is 1. The molecule has 37 heavy (non-hydrogen) atoms. The quantitative estimate of drug-likeness (QED) is 0.216. The Morgan fingerprint density at radius 2 is 2.08 bits per heavy atom. The number of benzene rings is 2. The van der Waals surface area contributed by atoms with Crippen LogP contribution < -0.4 is 16.1 Å². The van der Waals surface area contributed by atoms with E-state index < -0.39 is 10.8 Å². The second-order valence-corrected chi connectivity index (χ2v) is 8.37. The second kappa shape index (κ2) is 9.85. The standard InChI is InChI=1S/C23H22N10O4/c1-14(16-7-4-9-17(12-16)33(35)36)25-27-23(34)20-19(32(30-26-20)22-21(24)28-37-29-22)13-31-11-5-8-15-6-2-3-10-18(15)31/h2-4,6-7,9-10,12H,5,8,11,13H2,1H3,(H2,24,28)(H,27,34)/b25-14-. The summed E-state index contributed by atoms with van der Waals surface area (Å²) in [5.74, 6) is -0.508. The molecule has 4 aromatic rings. The minimum absolute atomic E-state index is 0.00307. The minimum atomic E-state index is -0.619. The van der Waals surface area contributed by atoms with Gasteiger partial charge >= 0.3 is 0 Å². The van der Waals surface area contributed by atoms with E-state index in [2.05, 4.69) is 42.1 Å². The zero-order valence-electron chi connectivity index (χ0n) is 19.7. The van der Waals surface area contributed by atoms with Gasteiger partial charge in [0.25, 0.3) is 11.6 Å². The van der Waals surface area contributed by atoms with Crippen LogP contribution in [0.1, 0.15) is 40.7 Å². The highest BCUT2D eigenvalue weighted by Gasteiger charge is 2.27. The molecule has 3 N–H and O–H groups in total. The number of amides is 1. The Bertz CT molecular complexity index is 1510. The monoisotopic (exact) mass is 502 g/mol. The zero-order chi connectivity index (χ0) is 25.9. The molecule has 0 atom stereocenters. The lowest BCUT2D eigenvalue weighted by Gasteiger charge is -2.31. The van der Waals surface area contributed by atoms with E-state index in [-0.39, 0.29) is 29.6 Å². The molecule has 0 spiro atoms. The number of nitro benzene ring substituents is 1. The van der Waals surface area contributed by atoms with Gasteiger partial charge in [-0.25, -0.2) is 10.1 Å². The van der Waals surface area contributed by atoms with Gasteiger partial charge in [0.2, 0.25) is 11.6 Å². The number of rotatable bonds is 7. The number of nitrogens with one attached hydrogen (secondary N) is 1. The third-order valence-electron chi connectivity index (χ3n) is 6.02. The molecule has 0 aliphatic carbocycles. The number of carbonyl (C=O) groups excluding carboxylic acids is 1. The van der Waals surface area contributed by atoms with Gasteiger partial charge in [0.1, 0.15) is 0 Å². The lowest BCUT2D eigenvalue weighted by Crippen LogP contribution is -2.31. The molecule has 1 aliphatic rings. The van der Waals surface area contributed by atoms with E-state index in [0.717, 1.165) is 25.1 Å². The maximum Gasteiger partial charge on any atom is 0.293 e. The molecule has 0 saturated carbocycles. The smallest absolute Gasteiger partial charge is 0.293 e. The lowest BCUT2D eigenvalue weighted by atomic mass is 10.0.